The lowest BCUT2D eigenvalue weighted by atomic mass is 9.87. The number of alkyl halides is 6. The summed E-state index contributed by atoms with van der Waals surface area (Å²) in [5, 5.41) is 13.0. The molecule has 1 aliphatic heterocycles. The minimum atomic E-state index is -6.06. The number of benzene rings is 3. The van der Waals surface area contributed by atoms with E-state index >= 15 is 0 Å². The molecule has 1 fully saturated rings. The van der Waals surface area contributed by atoms with Crippen molar-refractivity contribution in [3.8, 4) is 11.5 Å². The molecule has 1 unspecified atom stereocenters. The Bertz CT molecular complexity index is 1610. The zero-order valence-electron chi connectivity index (χ0n) is 26.5. The Morgan fingerprint density at radius 3 is 2.15 bits per heavy atom. The van der Waals surface area contributed by atoms with Crippen LogP contribution in [0.25, 0.3) is 6.08 Å². The number of carbonyl (C=O) groups is 2. The van der Waals surface area contributed by atoms with E-state index in [1.165, 1.54) is 26.2 Å². The monoisotopic (exact) mass is 678 g/mol. The van der Waals surface area contributed by atoms with Crippen molar-refractivity contribution in [2.75, 3.05) is 20.3 Å². The van der Waals surface area contributed by atoms with Crippen LogP contribution in [-0.4, -0.2) is 54.6 Å². The number of imide groups is 1. The van der Waals surface area contributed by atoms with Crippen molar-refractivity contribution in [2.45, 2.75) is 63.0 Å². The van der Waals surface area contributed by atoms with Crippen LogP contribution < -0.4 is 14.8 Å². The van der Waals surface area contributed by atoms with E-state index in [0.717, 1.165) is 4.90 Å². The van der Waals surface area contributed by atoms with Gasteiger partial charge in [0.25, 0.3) is 11.5 Å². The lowest BCUT2D eigenvalue weighted by Crippen LogP contribution is -2.54. The second-order valence-electron chi connectivity index (χ2n) is 11.4. The Kier molecular flexibility index (Phi) is 10.8. The van der Waals surface area contributed by atoms with Crippen LogP contribution in [0.4, 0.5) is 31.1 Å². The van der Waals surface area contributed by atoms with Gasteiger partial charge in [0.2, 0.25) is 0 Å². The van der Waals surface area contributed by atoms with E-state index in [4.69, 9.17) is 9.47 Å². The van der Waals surface area contributed by atoms with E-state index in [1.54, 1.807) is 61.5 Å². The van der Waals surface area contributed by atoms with Crippen LogP contribution in [0.3, 0.4) is 0 Å². The zero-order chi connectivity index (χ0) is 35.3. The van der Waals surface area contributed by atoms with Crippen molar-refractivity contribution < 1.29 is 50.5 Å². The first-order chi connectivity index (χ1) is 22.6. The molecule has 1 heterocycles. The lowest BCUT2D eigenvalue weighted by Gasteiger charge is -2.33. The number of aliphatic hydroxyl groups is 1. The summed E-state index contributed by atoms with van der Waals surface area (Å²) in [6, 6.07) is 15.9. The number of ether oxygens (including phenoxy) is 2. The molecule has 1 atom stereocenters. The number of carbonyl (C=O) groups excluding carboxylic acids is 2. The van der Waals surface area contributed by atoms with Gasteiger partial charge in [-0.2, -0.15) is 26.3 Å². The second-order valence-corrected chi connectivity index (χ2v) is 11.4. The van der Waals surface area contributed by atoms with Gasteiger partial charge in [-0.05, 0) is 67.1 Å². The highest BCUT2D eigenvalue weighted by Crippen LogP contribution is 2.51. The number of allylic oxidation sites excluding steroid dienone is 1. The number of methoxy groups -OCH3 is 1. The van der Waals surface area contributed by atoms with Gasteiger partial charge in [0.05, 0.1) is 13.7 Å². The maximum absolute atomic E-state index is 13.9. The molecular weight excluding hydrogens is 642 g/mol. The third-order valence-corrected chi connectivity index (χ3v) is 8.33. The maximum Gasteiger partial charge on any atom is 0.430 e. The van der Waals surface area contributed by atoms with Crippen molar-refractivity contribution in [1.82, 2.24) is 10.2 Å². The molecule has 0 aliphatic carbocycles. The predicted molar refractivity (Wildman–Crippen MR) is 166 cm³/mol. The average Bonchev–Trinajstić information content (AvgIpc) is 3.29. The number of urea groups is 1. The van der Waals surface area contributed by atoms with Crippen molar-refractivity contribution in [2.24, 2.45) is 0 Å². The fourth-order valence-electron chi connectivity index (χ4n) is 5.73. The molecule has 1 saturated heterocycles. The van der Waals surface area contributed by atoms with Gasteiger partial charge in [-0.25, -0.2) is 4.79 Å². The van der Waals surface area contributed by atoms with Crippen LogP contribution >= 0.6 is 0 Å². The van der Waals surface area contributed by atoms with Crippen LogP contribution in [0.15, 0.2) is 72.8 Å². The van der Waals surface area contributed by atoms with Crippen LogP contribution in [-0.2, 0) is 22.4 Å². The third kappa shape index (κ3) is 7.01. The Labute approximate surface area is 274 Å². The first-order valence-electron chi connectivity index (χ1n) is 15.2. The number of nitrogens with one attached hydrogen (secondary N) is 1. The van der Waals surface area contributed by atoms with Crippen LogP contribution in [0, 0.1) is 0 Å². The third-order valence-electron chi connectivity index (χ3n) is 8.33. The molecule has 48 heavy (non-hydrogen) atoms. The van der Waals surface area contributed by atoms with E-state index in [0.29, 0.717) is 41.9 Å². The minimum Gasteiger partial charge on any atom is -0.497 e. The van der Waals surface area contributed by atoms with E-state index in [-0.39, 0.29) is 42.9 Å². The Balaban J connectivity index is 1.56. The highest BCUT2D eigenvalue weighted by Gasteiger charge is 2.71. The largest absolute Gasteiger partial charge is 0.497 e. The smallest absolute Gasteiger partial charge is 0.430 e. The van der Waals surface area contributed by atoms with Crippen molar-refractivity contribution in [1.29, 1.82) is 0 Å². The molecule has 0 bridgehead atoms. The summed E-state index contributed by atoms with van der Waals surface area (Å²) in [6.07, 6.45) is -8.59. The fraction of sp³-hybridized carbons (Fsp3) is 0.371. The molecule has 0 saturated carbocycles. The van der Waals surface area contributed by atoms with Crippen molar-refractivity contribution >= 4 is 18.0 Å². The van der Waals surface area contributed by atoms with Gasteiger partial charge in [0.1, 0.15) is 17.0 Å². The topological polar surface area (TPSA) is 88.1 Å². The van der Waals surface area contributed by atoms with E-state index in [9.17, 15) is 41.0 Å². The second kappa shape index (κ2) is 14.3. The number of rotatable bonds is 13. The van der Waals surface area contributed by atoms with Gasteiger partial charge >= 0.3 is 18.4 Å². The maximum atomic E-state index is 13.9. The first kappa shape index (κ1) is 36.3. The van der Waals surface area contributed by atoms with Gasteiger partial charge < -0.3 is 19.9 Å². The van der Waals surface area contributed by atoms with Crippen LogP contribution in [0.5, 0.6) is 11.5 Å². The van der Waals surface area contributed by atoms with E-state index in [2.05, 4.69) is 5.32 Å². The number of hydrogen-bond acceptors (Lipinski definition) is 5. The molecule has 0 aromatic heterocycles. The number of amides is 3. The number of hydrogen-bond donors (Lipinski definition) is 2. The summed E-state index contributed by atoms with van der Waals surface area (Å²) in [5.41, 5.74) is -6.66. The summed E-state index contributed by atoms with van der Waals surface area (Å²) >= 11 is 0. The summed E-state index contributed by atoms with van der Waals surface area (Å²) in [5.74, 6) is 0.222. The predicted octanol–water partition coefficient (Wildman–Crippen LogP) is 7.65. The molecule has 2 N–H and O–H groups in total. The highest BCUT2D eigenvalue weighted by molar-refractivity contribution is 6.07. The molecular formula is C35H36F6N2O5. The highest BCUT2D eigenvalue weighted by atomic mass is 19.4. The van der Waals surface area contributed by atoms with Crippen molar-refractivity contribution in [3.63, 3.8) is 0 Å². The summed E-state index contributed by atoms with van der Waals surface area (Å²) in [4.78, 5) is 27.5. The van der Waals surface area contributed by atoms with Crippen molar-refractivity contribution in [3.05, 3.63) is 101 Å². The molecule has 258 valence electrons. The molecule has 3 aromatic carbocycles. The van der Waals surface area contributed by atoms with Gasteiger partial charge in [0.15, 0.2) is 0 Å². The van der Waals surface area contributed by atoms with Crippen LogP contribution in [0.1, 0.15) is 60.9 Å². The van der Waals surface area contributed by atoms with Gasteiger partial charge in [-0.3, -0.25) is 9.69 Å². The standard InChI is InChI=1S/C35H36F6N2O5/c1-4-11-24-21-27(33(46,34(36,37)38)35(39,40)41)22-25(20-23-12-7-6-8-13-23)29(24)48-19-10-9-18-43-30(44)32(5-2,42-31(43)45)26-14-16-28(47-3)17-15-26/h4,6-8,11-17,21-22,46H,5,9-10,18-20H2,1-3H3,(H,42,45)/b11-4+. The molecule has 0 radical (unpaired) electrons. The van der Waals surface area contributed by atoms with Crippen LogP contribution in [0.2, 0.25) is 0 Å². The Morgan fingerprint density at radius 1 is 0.938 bits per heavy atom. The Hall–Kier alpha value is -4.52. The summed E-state index contributed by atoms with van der Waals surface area (Å²) in [6.45, 7) is 3.33. The molecule has 4 rings (SSSR count). The fourth-order valence-corrected chi connectivity index (χ4v) is 5.73. The zero-order valence-corrected chi connectivity index (χ0v) is 26.5. The number of unbranched alkanes of at least 4 members (excludes halogenated alkanes) is 1. The van der Waals surface area contributed by atoms with Gasteiger partial charge in [-0.1, -0.05) is 61.5 Å². The van der Waals surface area contributed by atoms with Gasteiger partial charge in [0, 0.05) is 24.1 Å². The average molecular weight is 679 g/mol. The van der Waals surface area contributed by atoms with Gasteiger partial charge in [-0.15, -0.1) is 0 Å². The van der Waals surface area contributed by atoms with E-state index < -0.39 is 41.0 Å². The quantitative estimate of drug-likeness (QED) is 0.110. The summed E-state index contributed by atoms with van der Waals surface area (Å²) < 4.78 is 94.3. The molecule has 7 nitrogen and oxygen atoms in total. The molecule has 13 heteroatoms. The molecule has 3 amide bonds. The Morgan fingerprint density at radius 2 is 1.58 bits per heavy atom. The lowest BCUT2D eigenvalue weighted by molar-refractivity contribution is -0.376. The SMILES string of the molecule is C/C=C/c1cc(C(O)(C(F)(F)F)C(F)(F)F)cc(Cc2ccccc2)c1OCCCCN1C(=O)NC(CC)(c2ccc(OC)cc2)C1=O. The summed E-state index contributed by atoms with van der Waals surface area (Å²) in [7, 11) is 1.51. The molecule has 1 aliphatic rings. The molecule has 0 spiro atoms. The normalized spacial score (nSPS) is 17.2. The number of halogens is 6. The van der Waals surface area contributed by atoms with E-state index in [1.807, 2.05) is 0 Å². The molecule has 3 aromatic rings. The minimum absolute atomic E-state index is 0.0000412. The number of nitrogens with zero attached hydrogens (tertiary/aromatic N) is 1. The first-order valence-corrected chi connectivity index (χ1v) is 15.2.